The fourth-order valence-corrected chi connectivity index (χ4v) is 12.7. The molecule has 1 spiro atoms. The van der Waals surface area contributed by atoms with E-state index in [1.54, 1.807) is 31.2 Å². The lowest BCUT2D eigenvalue weighted by atomic mass is 9.49. The Hall–Kier alpha value is -2.72. The Morgan fingerprint density at radius 3 is 2.41 bits per heavy atom. The minimum atomic E-state index is -2.18. The number of carbonyl (C=O) groups excluding carboxylic acids is 2. The molecule has 4 aliphatic carbocycles. The molecule has 1 aromatic carbocycles. The Bertz CT molecular complexity index is 1800. The second kappa shape index (κ2) is 12.9. The average Bonchev–Trinajstić information content (AvgIpc) is 3.66. The molecule has 1 aromatic rings. The van der Waals surface area contributed by atoms with Crippen molar-refractivity contribution in [2.45, 2.75) is 144 Å². The summed E-state index contributed by atoms with van der Waals surface area (Å²) in [5, 5.41) is 62.8. The van der Waals surface area contributed by atoms with Gasteiger partial charge in [-0.2, -0.15) is 0 Å². The summed E-state index contributed by atoms with van der Waals surface area (Å²) < 4.78 is 39.3. The van der Waals surface area contributed by atoms with Crippen LogP contribution in [0.4, 0.5) is 0 Å². The highest BCUT2D eigenvalue weighted by Crippen LogP contribution is 2.74. The standard InChI is InChI=1S/C43H56O13/c1-22(2)19-32(46)51-28-13-9-10-14-31(45)52-30-18-17-29-40(30,49)37(47)39(21-44)35(53-39)33-36-42(50,38(5,48)20-25-15-16-27(28)23(25)3)34-24(4)41(29,33)56-43(54-34,55-36)26-11-7-6-8-12-26/h6-14,22-25,27-30,33-37,44,47-50H,15-21H2,1-5H3/t23-,24+,25+,27-,28+,29-,30-,33-,34-,35-,36+,37+,38+,39+,40+,41-,42-,43+/m0/s1. The molecule has 18 atom stereocenters. The number of benzene rings is 1. The maximum absolute atomic E-state index is 13.5. The third-order valence-electron chi connectivity index (χ3n) is 15.4. The van der Waals surface area contributed by atoms with Crippen molar-refractivity contribution in [2.24, 2.45) is 41.4 Å². The lowest BCUT2D eigenvalue weighted by Gasteiger charge is -2.74. The monoisotopic (exact) mass is 780 g/mol. The van der Waals surface area contributed by atoms with Crippen molar-refractivity contribution < 1.29 is 63.5 Å². The summed E-state index contributed by atoms with van der Waals surface area (Å²) in [5.41, 5.74) is -8.74. The van der Waals surface area contributed by atoms with Crippen LogP contribution in [-0.2, 0) is 44.0 Å². The molecule has 10 rings (SSSR count). The number of esters is 2. The van der Waals surface area contributed by atoms with Crippen LogP contribution in [-0.4, -0.2) is 109 Å². The number of carbonyl (C=O) groups is 2. The number of rotatable bonds is 5. The zero-order valence-electron chi connectivity index (χ0n) is 32.7. The van der Waals surface area contributed by atoms with Crippen LogP contribution in [0.25, 0.3) is 0 Å². The first kappa shape index (κ1) is 38.8. The van der Waals surface area contributed by atoms with Crippen LogP contribution in [0.1, 0.15) is 78.7 Å². The normalized spacial score (nSPS) is 52.7. The van der Waals surface area contributed by atoms with Crippen LogP contribution in [0, 0.1) is 41.4 Å². The van der Waals surface area contributed by atoms with Crippen LogP contribution in [0.2, 0.25) is 0 Å². The highest BCUT2D eigenvalue weighted by atomic mass is 16.9. The summed E-state index contributed by atoms with van der Waals surface area (Å²) in [5.74, 6) is -5.74. The predicted octanol–water partition coefficient (Wildman–Crippen LogP) is 2.79. The van der Waals surface area contributed by atoms with Gasteiger partial charge in [0.05, 0.1) is 17.8 Å². The van der Waals surface area contributed by atoms with E-state index in [2.05, 4.69) is 6.92 Å². The summed E-state index contributed by atoms with van der Waals surface area (Å²) in [7, 11) is 0. The van der Waals surface area contributed by atoms with E-state index in [9.17, 15) is 35.1 Å². The predicted molar refractivity (Wildman–Crippen MR) is 196 cm³/mol. The molecule has 0 aromatic heterocycles. The highest BCUT2D eigenvalue weighted by Gasteiger charge is 2.90. The number of fused-ring (bicyclic) bond motifs is 3. The minimum absolute atomic E-state index is 0.0587. The number of hydrogen-bond donors (Lipinski definition) is 5. The number of aliphatic hydroxyl groups excluding tert-OH is 2. The summed E-state index contributed by atoms with van der Waals surface area (Å²) in [6.07, 6.45) is 1.39. The van der Waals surface area contributed by atoms with Crippen molar-refractivity contribution in [2.75, 3.05) is 6.61 Å². The van der Waals surface area contributed by atoms with Crippen molar-refractivity contribution in [1.29, 1.82) is 0 Å². The van der Waals surface area contributed by atoms with Gasteiger partial charge in [0.2, 0.25) is 0 Å². The SMILES string of the molecule is CC(C)CC(=O)O[C@@H]1C=CC=CC(=O)O[C@H]2CC[C@H]3[C@]2(O)[C@H](O)[C@]2(CO)O[C@H]2[C@H]2[C@H]4O[C@@]5(c6ccccc6)O[C@@H]([C@@H](C)[C@@]23O5)[C@@]4(O)[C@](C)(O)C[C@H]2CC[C@H]1[C@H]2C. The zero-order chi connectivity index (χ0) is 39.8. The van der Waals surface area contributed by atoms with Gasteiger partial charge >= 0.3 is 17.9 Å². The van der Waals surface area contributed by atoms with Crippen LogP contribution >= 0.6 is 0 Å². The van der Waals surface area contributed by atoms with Crippen molar-refractivity contribution in [3.63, 3.8) is 0 Å². The molecule has 5 aliphatic heterocycles. The van der Waals surface area contributed by atoms with E-state index in [0.29, 0.717) is 18.4 Å². The molecule has 9 aliphatic rings. The van der Waals surface area contributed by atoms with Crippen molar-refractivity contribution in [3.8, 4) is 0 Å². The number of aliphatic hydroxyl groups is 5. The minimum Gasteiger partial charge on any atom is -0.458 e. The van der Waals surface area contributed by atoms with Gasteiger partial charge in [0, 0.05) is 41.7 Å². The van der Waals surface area contributed by atoms with Gasteiger partial charge in [-0.15, -0.1) is 0 Å². The van der Waals surface area contributed by atoms with E-state index in [4.69, 9.17) is 28.4 Å². The fourth-order valence-electron chi connectivity index (χ4n) is 12.7. The lowest BCUT2D eigenvalue weighted by Crippen LogP contribution is -2.89. The Morgan fingerprint density at radius 1 is 0.964 bits per heavy atom. The number of allylic oxidation sites excluding steroid dienone is 2. The van der Waals surface area contributed by atoms with Crippen LogP contribution in [0.15, 0.2) is 54.6 Å². The maximum atomic E-state index is 13.5. The first-order valence-electron chi connectivity index (χ1n) is 20.5. The second-order valence-electron chi connectivity index (χ2n) is 18.7. The molecule has 5 heterocycles. The molecule has 4 saturated carbocycles. The highest BCUT2D eigenvalue weighted by molar-refractivity contribution is 5.82. The molecule has 0 radical (unpaired) electrons. The Balaban J connectivity index is 1.21. The van der Waals surface area contributed by atoms with Gasteiger partial charge in [0.1, 0.15) is 53.4 Å². The third-order valence-corrected chi connectivity index (χ3v) is 15.4. The van der Waals surface area contributed by atoms with Gasteiger partial charge in [-0.3, -0.25) is 4.79 Å². The molecule has 13 nitrogen and oxygen atoms in total. The van der Waals surface area contributed by atoms with Crippen molar-refractivity contribution in [3.05, 3.63) is 60.2 Å². The fraction of sp³-hybridized carbons (Fsp3) is 0.721. The smallest absolute Gasteiger partial charge is 0.331 e. The van der Waals surface area contributed by atoms with Gasteiger partial charge in [0.25, 0.3) is 0 Å². The molecule has 5 N–H and O–H groups in total. The molecule has 4 saturated heterocycles. The van der Waals surface area contributed by atoms with Crippen molar-refractivity contribution in [1.82, 2.24) is 0 Å². The van der Waals surface area contributed by atoms with Crippen LogP contribution < -0.4 is 0 Å². The van der Waals surface area contributed by atoms with Gasteiger partial charge in [-0.25, -0.2) is 4.79 Å². The second-order valence-corrected chi connectivity index (χ2v) is 18.7. The molecule has 13 heteroatoms. The number of epoxide rings is 1. The average molecular weight is 781 g/mol. The Kier molecular flexibility index (Phi) is 8.93. The molecular formula is C43H56O13. The van der Waals surface area contributed by atoms with E-state index in [1.807, 2.05) is 39.0 Å². The Morgan fingerprint density at radius 2 is 1.70 bits per heavy atom. The third kappa shape index (κ3) is 5.05. The largest absolute Gasteiger partial charge is 0.458 e. The van der Waals surface area contributed by atoms with E-state index in [-0.39, 0.29) is 55.3 Å². The van der Waals surface area contributed by atoms with Crippen molar-refractivity contribution >= 4 is 11.9 Å². The summed E-state index contributed by atoms with van der Waals surface area (Å²) in [6.45, 7) is 8.76. The summed E-state index contributed by atoms with van der Waals surface area (Å²) >= 11 is 0. The maximum Gasteiger partial charge on any atom is 0.331 e. The van der Waals surface area contributed by atoms with Gasteiger partial charge in [-0.05, 0) is 62.9 Å². The molecule has 0 amide bonds. The zero-order valence-corrected chi connectivity index (χ0v) is 32.7. The van der Waals surface area contributed by atoms with E-state index in [1.165, 1.54) is 12.2 Å². The number of ether oxygens (including phenoxy) is 6. The number of hydrogen-bond acceptors (Lipinski definition) is 13. The lowest BCUT2D eigenvalue weighted by molar-refractivity contribution is -0.595. The van der Waals surface area contributed by atoms with Crippen LogP contribution in [0.5, 0.6) is 0 Å². The first-order valence-corrected chi connectivity index (χ1v) is 20.5. The molecular weight excluding hydrogens is 724 g/mol. The molecule has 56 heavy (non-hydrogen) atoms. The van der Waals surface area contributed by atoms with E-state index < -0.39 is 101 Å². The molecule has 0 unspecified atom stereocenters. The van der Waals surface area contributed by atoms with Crippen LogP contribution in [0.3, 0.4) is 0 Å². The summed E-state index contributed by atoms with van der Waals surface area (Å²) in [4.78, 5) is 26.6. The summed E-state index contributed by atoms with van der Waals surface area (Å²) in [6, 6.07) is 9.03. The molecule has 8 fully saturated rings. The quantitative estimate of drug-likeness (QED) is 0.217. The molecule has 306 valence electrons. The van der Waals surface area contributed by atoms with E-state index in [0.717, 1.165) is 0 Å². The van der Waals surface area contributed by atoms with E-state index >= 15 is 0 Å². The Labute approximate surface area is 326 Å². The first-order chi connectivity index (χ1) is 26.5. The molecule has 10 bridgehead atoms. The van der Waals surface area contributed by atoms with Gasteiger partial charge < -0.3 is 54.0 Å². The van der Waals surface area contributed by atoms with Gasteiger partial charge in [-0.1, -0.05) is 70.2 Å². The topological polar surface area (TPSA) is 194 Å². The van der Waals surface area contributed by atoms with Gasteiger partial charge in [0.15, 0.2) is 0 Å².